The van der Waals surface area contributed by atoms with Gasteiger partial charge in [-0.25, -0.2) is 0 Å². The van der Waals surface area contributed by atoms with Gasteiger partial charge in [-0.3, -0.25) is 9.78 Å². The van der Waals surface area contributed by atoms with E-state index in [2.05, 4.69) is 22.1 Å². The monoisotopic (exact) mass is 300 g/mol. The van der Waals surface area contributed by atoms with Gasteiger partial charge in [0.15, 0.2) is 0 Å². The second kappa shape index (κ2) is 7.44. The van der Waals surface area contributed by atoms with Crippen molar-refractivity contribution in [3.05, 3.63) is 58.9 Å². The van der Waals surface area contributed by atoms with Gasteiger partial charge in [0, 0.05) is 23.0 Å². The maximum atomic E-state index is 12.0. The van der Waals surface area contributed by atoms with Crippen LogP contribution >= 0.6 is 11.6 Å². The topological polar surface area (TPSA) is 62.2 Å². The Balaban J connectivity index is 2.14. The second-order valence-corrected chi connectivity index (χ2v) is 4.67. The fourth-order valence-corrected chi connectivity index (χ4v) is 1.92. The number of anilines is 1. The van der Waals surface area contributed by atoms with Crippen LogP contribution in [0.3, 0.4) is 0 Å². The van der Waals surface area contributed by atoms with E-state index in [0.29, 0.717) is 16.3 Å². The van der Waals surface area contributed by atoms with Gasteiger partial charge in [0.25, 0.3) is 0 Å². The Labute approximate surface area is 127 Å². The summed E-state index contributed by atoms with van der Waals surface area (Å²) < 4.78 is 0. The number of hydrogen-bond donors (Lipinski definition) is 2. The molecule has 0 saturated carbocycles. The van der Waals surface area contributed by atoms with Crippen molar-refractivity contribution in [2.75, 3.05) is 11.9 Å². The molecule has 0 saturated heterocycles. The third-order valence-corrected chi connectivity index (χ3v) is 2.88. The predicted molar refractivity (Wildman–Crippen MR) is 82.0 cm³/mol. The number of halogens is 1. The lowest BCUT2D eigenvalue weighted by atomic mass is 10.1. The number of rotatable bonds is 3. The van der Waals surface area contributed by atoms with Crippen LogP contribution in [0, 0.1) is 11.8 Å². The first kappa shape index (κ1) is 15.0. The zero-order valence-corrected chi connectivity index (χ0v) is 11.9. The first-order chi connectivity index (χ1) is 10.2. The van der Waals surface area contributed by atoms with Gasteiger partial charge in [-0.05, 0) is 29.8 Å². The Morgan fingerprint density at radius 3 is 2.95 bits per heavy atom. The molecular formula is C16H13ClN2O2. The third-order valence-electron chi connectivity index (χ3n) is 2.65. The minimum absolute atomic E-state index is 0.183. The molecule has 0 radical (unpaired) electrons. The van der Waals surface area contributed by atoms with Crippen molar-refractivity contribution in [1.82, 2.24) is 4.98 Å². The maximum Gasteiger partial charge on any atom is 0.228 e. The molecule has 1 amide bonds. The van der Waals surface area contributed by atoms with E-state index in [0.717, 1.165) is 5.56 Å². The van der Waals surface area contributed by atoms with Crippen LogP contribution in [-0.2, 0) is 11.2 Å². The molecule has 2 aromatic rings. The Morgan fingerprint density at radius 1 is 1.38 bits per heavy atom. The summed E-state index contributed by atoms with van der Waals surface area (Å²) in [6.45, 7) is -0.244. The summed E-state index contributed by atoms with van der Waals surface area (Å²) in [5.41, 5.74) is 1.95. The SMILES string of the molecule is O=C(Cc1cccnc1)Nc1cc(Cl)ccc1C#CCO. The molecule has 0 bridgehead atoms. The number of amides is 1. The highest BCUT2D eigenvalue weighted by molar-refractivity contribution is 6.31. The van der Waals surface area contributed by atoms with Crippen LogP contribution < -0.4 is 5.32 Å². The number of aliphatic hydroxyl groups is 1. The van der Waals surface area contributed by atoms with Crippen LogP contribution in [0.2, 0.25) is 5.02 Å². The summed E-state index contributed by atoms with van der Waals surface area (Å²) in [6, 6.07) is 8.62. The van der Waals surface area contributed by atoms with Crippen molar-refractivity contribution < 1.29 is 9.90 Å². The Bertz CT molecular complexity index is 690. The Morgan fingerprint density at radius 2 is 2.24 bits per heavy atom. The Hall–Kier alpha value is -2.35. The summed E-state index contributed by atoms with van der Waals surface area (Å²) in [7, 11) is 0. The number of benzene rings is 1. The number of carbonyl (C=O) groups excluding carboxylic acids is 1. The average molecular weight is 301 g/mol. The van der Waals surface area contributed by atoms with Gasteiger partial charge in [0.05, 0.1) is 12.1 Å². The van der Waals surface area contributed by atoms with Crippen LogP contribution in [0.15, 0.2) is 42.7 Å². The molecule has 0 atom stereocenters. The normalized spacial score (nSPS) is 9.62. The zero-order chi connectivity index (χ0) is 15.1. The summed E-state index contributed by atoms with van der Waals surface area (Å²) in [4.78, 5) is 16.0. The number of aromatic nitrogens is 1. The van der Waals surface area contributed by atoms with E-state index in [1.165, 1.54) is 0 Å². The molecule has 0 unspecified atom stereocenters. The molecule has 1 aromatic heterocycles. The average Bonchev–Trinajstić information content (AvgIpc) is 2.47. The first-order valence-electron chi connectivity index (χ1n) is 6.27. The molecule has 0 spiro atoms. The van der Waals surface area contributed by atoms with Crippen molar-refractivity contribution in [1.29, 1.82) is 0 Å². The summed E-state index contributed by atoms with van der Waals surface area (Å²) >= 11 is 5.94. The second-order valence-electron chi connectivity index (χ2n) is 4.24. The van der Waals surface area contributed by atoms with Crippen molar-refractivity contribution in [2.24, 2.45) is 0 Å². The molecule has 1 aromatic carbocycles. The number of pyridine rings is 1. The van der Waals surface area contributed by atoms with E-state index in [-0.39, 0.29) is 18.9 Å². The standard InChI is InChI=1S/C16H13ClN2O2/c17-14-6-5-13(4-2-8-20)15(10-14)19-16(21)9-12-3-1-7-18-11-12/h1,3,5-7,10-11,20H,8-9H2,(H,19,21). The van der Waals surface area contributed by atoms with E-state index >= 15 is 0 Å². The van der Waals surface area contributed by atoms with Crippen molar-refractivity contribution in [3.63, 3.8) is 0 Å². The molecule has 5 heteroatoms. The third kappa shape index (κ3) is 4.60. The smallest absolute Gasteiger partial charge is 0.228 e. The maximum absolute atomic E-state index is 12.0. The van der Waals surface area contributed by atoms with Crippen LogP contribution in [0.5, 0.6) is 0 Å². The highest BCUT2D eigenvalue weighted by Crippen LogP contribution is 2.20. The van der Waals surface area contributed by atoms with Crippen LogP contribution in [0.1, 0.15) is 11.1 Å². The van der Waals surface area contributed by atoms with Gasteiger partial charge in [0.1, 0.15) is 6.61 Å². The molecule has 0 aliphatic rings. The quantitative estimate of drug-likeness (QED) is 0.855. The van der Waals surface area contributed by atoms with E-state index in [9.17, 15) is 4.79 Å². The van der Waals surface area contributed by atoms with Crippen LogP contribution in [-0.4, -0.2) is 22.6 Å². The van der Waals surface area contributed by atoms with Crippen molar-refractivity contribution in [3.8, 4) is 11.8 Å². The summed E-state index contributed by atoms with van der Waals surface area (Å²) in [5, 5.41) is 12.0. The summed E-state index contributed by atoms with van der Waals surface area (Å²) in [6.07, 6.45) is 3.51. The fourth-order valence-electron chi connectivity index (χ4n) is 1.75. The van der Waals surface area contributed by atoms with E-state index in [1.807, 2.05) is 6.07 Å². The molecule has 0 fully saturated rings. The molecule has 0 aliphatic heterocycles. The van der Waals surface area contributed by atoms with Crippen LogP contribution in [0.4, 0.5) is 5.69 Å². The first-order valence-corrected chi connectivity index (χ1v) is 6.65. The number of hydrogen-bond acceptors (Lipinski definition) is 3. The number of nitrogens with zero attached hydrogens (tertiary/aromatic N) is 1. The molecule has 1 heterocycles. The minimum atomic E-state index is -0.244. The van der Waals surface area contributed by atoms with Gasteiger partial charge in [0.2, 0.25) is 5.91 Å². The number of carbonyl (C=O) groups is 1. The molecule has 4 nitrogen and oxygen atoms in total. The van der Waals surface area contributed by atoms with E-state index < -0.39 is 0 Å². The molecular weight excluding hydrogens is 288 g/mol. The fraction of sp³-hybridized carbons (Fsp3) is 0.125. The Kier molecular flexibility index (Phi) is 5.33. The molecule has 2 N–H and O–H groups in total. The van der Waals surface area contributed by atoms with Gasteiger partial charge in [-0.2, -0.15) is 0 Å². The highest BCUT2D eigenvalue weighted by atomic mass is 35.5. The van der Waals surface area contributed by atoms with E-state index in [1.54, 1.807) is 36.7 Å². The van der Waals surface area contributed by atoms with E-state index in [4.69, 9.17) is 16.7 Å². The molecule has 106 valence electrons. The number of aliphatic hydroxyl groups excluding tert-OH is 1. The summed E-state index contributed by atoms with van der Waals surface area (Å²) in [5.74, 6) is 5.14. The lowest BCUT2D eigenvalue weighted by molar-refractivity contribution is -0.115. The minimum Gasteiger partial charge on any atom is -0.384 e. The molecule has 2 rings (SSSR count). The molecule has 0 aliphatic carbocycles. The highest BCUT2D eigenvalue weighted by Gasteiger charge is 2.07. The van der Waals surface area contributed by atoms with Gasteiger partial charge >= 0.3 is 0 Å². The number of nitrogens with one attached hydrogen (secondary N) is 1. The van der Waals surface area contributed by atoms with Crippen molar-refractivity contribution >= 4 is 23.2 Å². The van der Waals surface area contributed by atoms with Gasteiger partial charge in [-0.1, -0.05) is 29.5 Å². The zero-order valence-electron chi connectivity index (χ0n) is 11.1. The largest absolute Gasteiger partial charge is 0.384 e. The lowest BCUT2D eigenvalue weighted by Crippen LogP contribution is -2.15. The molecule has 21 heavy (non-hydrogen) atoms. The predicted octanol–water partition coefficient (Wildman–Crippen LogP) is 2.26. The van der Waals surface area contributed by atoms with Gasteiger partial charge in [-0.15, -0.1) is 0 Å². The van der Waals surface area contributed by atoms with Crippen LogP contribution in [0.25, 0.3) is 0 Å². The van der Waals surface area contributed by atoms with Crippen molar-refractivity contribution in [2.45, 2.75) is 6.42 Å². The van der Waals surface area contributed by atoms with Gasteiger partial charge < -0.3 is 10.4 Å². The lowest BCUT2D eigenvalue weighted by Gasteiger charge is -2.08.